The molecule has 1 unspecified atom stereocenters. The molecule has 4 rings (SSSR count). The third-order valence-corrected chi connectivity index (χ3v) is 5.55. The van der Waals surface area contributed by atoms with E-state index in [-0.39, 0.29) is 11.6 Å². The van der Waals surface area contributed by atoms with E-state index in [0.717, 1.165) is 28.8 Å². The van der Waals surface area contributed by atoms with Gasteiger partial charge in [0.2, 0.25) is 0 Å². The largest absolute Gasteiger partial charge is 0.370 e. The Balaban J connectivity index is 1.77. The minimum atomic E-state index is -0.305. The molecule has 0 saturated heterocycles. The Labute approximate surface area is 178 Å². The molecule has 1 atom stereocenters. The van der Waals surface area contributed by atoms with E-state index >= 15 is 0 Å². The summed E-state index contributed by atoms with van der Waals surface area (Å²) in [5, 5.41) is 13.6. The molecular weight excluding hydrogens is 370 g/mol. The first kappa shape index (κ1) is 20.1. The lowest BCUT2D eigenvalue weighted by molar-refractivity contribution is -0.0400. The molecule has 4 nitrogen and oxygen atoms in total. The third-order valence-electron chi connectivity index (χ3n) is 5.55. The van der Waals surface area contributed by atoms with E-state index in [1.54, 1.807) is 0 Å². The van der Waals surface area contributed by atoms with Crippen LogP contribution in [0.2, 0.25) is 0 Å². The number of nitriles is 1. The summed E-state index contributed by atoms with van der Waals surface area (Å²) in [5.41, 5.74) is 5.61. The number of ether oxygens (including phenoxy) is 1. The van der Waals surface area contributed by atoms with E-state index in [1.165, 1.54) is 5.56 Å². The minimum absolute atomic E-state index is 0.140. The summed E-state index contributed by atoms with van der Waals surface area (Å²) >= 11 is 0. The van der Waals surface area contributed by atoms with Gasteiger partial charge in [0, 0.05) is 23.6 Å². The zero-order chi connectivity index (χ0) is 21.1. The van der Waals surface area contributed by atoms with E-state index in [9.17, 15) is 5.26 Å². The number of pyridine rings is 1. The molecule has 152 valence electrons. The van der Waals surface area contributed by atoms with Crippen LogP contribution in [0, 0.1) is 11.3 Å². The average Bonchev–Trinajstić information content (AvgIpc) is 2.73. The number of hydrogen-bond donors (Lipinski definition) is 1. The standard InChI is InChI=1S/C26H27N3O/c1-18(14-19-10-6-4-7-11-19)28-25-22(16-27)21-15-26(2,3)30-17-23(21)24(29-25)20-12-8-5-9-13-20/h4-13,18H,14-15,17H2,1-3H3,(H,28,29). The molecule has 1 aromatic heterocycles. The van der Waals surface area contributed by atoms with E-state index in [0.29, 0.717) is 24.4 Å². The van der Waals surface area contributed by atoms with Gasteiger partial charge < -0.3 is 10.1 Å². The van der Waals surface area contributed by atoms with Crippen LogP contribution in [0.5, 0.6) is 0 Å². The Morgan fingerprint density at radius 1 is 1.07 bits per heavy atom. The fraction of sp³-hybridized carbons (Fsp3) is 0.308. The van der Waals surface area contributed by atoms with Gasteiger partial charge in [-0.25, -0.2) is 4.98 Å². The fourth-order valence-electron chi connectivity index (χ4n) is 4.08. The highest BCUT2D eigenvalue weighted by atomic mass is 16.5. The van der Waals surface area contributed by atoms with Crippen LogP contribution in [0.3, 0.4) is 0 Å². The summed E-state index contributed by atoms with van der Waals surface area (Å²) in [5.74, 6) is 0.663. The van der Waals surface area contributed by atoms with Gasteiger partial charge in [-0.1, -0.05) is 60.7 Å². The van der Waals surface area contributed by atoms with Gasteiger partial charge in [0.15, 0.2) is 0 Å². The number of nitrogens with one attached hydrogen (secondary N) is 1. The second-order valence-electron chi connectivity index (χ2n) is 8.58. The van der Waals surface area contributed by atoms with Crippen molar-refractivity contribution >= 4 is 5.82 Å². The molecule has 3 aromatic rings. The van der Waals surface area contributed by atoms with Crippen molar-refractivity contribution in [2.45, 2.75) is 51.9 Å². The number of hydrogen-bond acceptors (Lipinski definition) is 4. The molecule has 1 aliphatic rings. The molecule has 0 radical (unpaired) electrons. The number of benzene rings is 2. The van der Waals surface area contributed by atoms with Crippen molar-refractivity contribution in [3.05, 3.63) is 82.9 Å². The topological polar surface area (TPSA) is 57.9 Å². The molecule has 0 fully saturated rings. The lowest BCUT2D eigenvalue weighted by Gasteiger charge is -2.34. The van der Waals surface area contributed by atoms with Crippen LogP contribution in [-0.2, 0) is 24.2 Å². The quantitative estimate of drug-likeness (QED) is 0.616. The maximum Gasteiger partial charge on any atom is 0.145 e. The van der Waals surface area contributed by atoms with Crippen LogP contribution < -0.4 is 5.32 Å². The number of anilines is 1. The molecule has 2 heterocycles. The highest BCUT2D eigenvalue weighted by molar-refractivity contribution is 5.72. The lowest BCUT2D eigenvalue weighted by Crippen LogP contribution is -2.33. The second-order valence-corrected chi connectivity index (χ2v) is 8.58. The van der Waals surface area contributed by atoms with Crippen LogP contribution in [0.1, 0.15) is 43.0 Å². The van der Waals surface area contributed by atoms with Gasteiger partial charge in [-0.2, -0.15) is 5.26 Å². The number of aromatic nitrogens is 1. The van der Waals surface area contributed by atoms with Gasteiger partial charge >= 0.3 is 0 Å². The number of nitrogens with zero attached hydrogens (tertiary/aromatic N) is 2. The summed E-state index contributed by atoms with van der Waals surface area (Å²) in [4.78, 5) is 4.94. The molecule has 30 heavy (non-hydrogen) atoms. The Morgan fingerprint density at radius 2 is 1.73 bits per heavy atom. The highest BCUT2D eigenvalue weighted by Gasteiger charge is 2.32. The third kappa shape index (κ3) is 4.22. The summed E-state index contributed by atoms with van der Waals surface area (Å²) in [6.45, 7) is 6.74. The second kappa shape index (κ2) is 8.30. The van der Waals surface area contributed by atoms with Crippen molar-refractivity contribution in [1.82, 2.24) is 4.98 Å². The summed E-state index contributed by atoms with van der Waals surface area (Å²) in [6, 6.07) is 23.1. The minimum Gasteiger partial charge on any atom is -0.370 e. The van der Waals surface area contributed by atoms with Gasteiger partial charge in [-0.15, -0.1) is 0 Å². The smallest absolute Gasteiger partial charge is 0.145 e. The van der Waals surface area contributed by atoms with Gasteiger partial charge in [-0.05, 0) is 38.3 Å². The molecule has 0 saturated carbocycles. The first-order valence-corrected chi connectivity index (χ1v) is 10.4. The maximum absolute atomic E-state index is 10.0. The predicted molar refractivity (Wildman–Crippen MR) is 120 cm³/mol. The lowest BCUT2D eigenvalue weighted by atomic mass is 9.87. The van der Waals surface area contributed by atoms with Crippen LogP contribution in [0.25, 0.3) is 11.3 Å². The van der Waals surface area contributed by atoms with Crippen molar-refractivity contribution in [2.24, 2.45) is 0 Å². The number of fused-ring (bicyclic) bond motifs is 1. The van der Waals surface area contributed by atoms with E-state index in [2.05, 4.69) is 68.6 Å². The SMILES string of the molecule is CC(Cc1ccccc1)Nc1nc(-c2ccccc2)c2c(c1C#N)CC(C)(C)OC2. The Kier molecular flexibility index (Phi) is 5.57. The molecule has 0 aliphatic carbocycles. The molecule has 0 spiro atoms. The van der Waals surface area contributed by atoms with Crippen molar-refractivity contribution in [1.29, 1.82) is 5.26 Å². The van der Waals surface area contributed by atoms with Gasteiger partial charge in [0.1, 0.15) is 11.9 Å². The van der Waals surface area contributed by atoms with Gasteiger partial charge in [0.25, 0.3) is 0 Å². The molecule has 2 aromatic carbocycles. The molecule has 0 bridgehead atoms. The molecule has 1 N–H and O–H groups in total. The molecule has 1 aliphatic heterocycles. The first-order valence-electron chi connectivity index (χ1n) is 10.4. The van der Waals surface area contributed by atoms with Gasteiger partial charge in [-0.3, -0.25) is 0 Å². The van der Waals surface area contributed by atoms with E-state index in [4.69, 9.17) is 9.72 Å². The first-order chi connectivity index (χ1) is 14.5. The normalized spacial score (nSPS) is 15.7. The fourth-order valence-corrected chi connectivity index (χ4v) is 4.08. The van der Waals surface area contributed by atoms with Crippen LogP contribution in [0.15, 0.2) is 60.7 Å². The Hall–Kier alpha value is -3.16. The summed E-state index contributed by atoms with van der Waals surface area (Å²) in [7, 11) is 0. The average molecular weight is 398 g/mol. The molecule has 4 heteroatoms. The Morgan fingerprint density at radius 3 is 2.40 bits per heavy atom. The van der Waals surface area contributed by atoms with Crippen molar-refractivity contribution in [2.75, 3.05) is 5.32 Å². The van der Waals surface area contributed by atoms with Crippen molar-refractivity contribution < 1.29 is 4.74 Å². The van der Waals surface area contributed by atoms with E-state index < -0.39 is 0 Å². The van der Waals surface area contributed by atoms with Crippen LogP contribution in [0.4, 0.5) is 5.82 Å². The summed E-state index contributed by atoms with van der Waals surface area (Å²) < 4.78 is 6.08. The predicted octanol–water partition coefficient (Wildman–Crippen LogP) is 5.51. The van der Waals surface area contributed by atoms with Gasteiger partial charge in [0.05, 0.1) is 23.5 Å². The monoisotopic (exact) mass is 397 g/mol. The highest BCUT2D eigenvalue weighted by Crippen LogP contribution is 2.38. The maximum atomic E-state index is 10.0. The molecular formula is C26H27N3O. The Bertz CT molecular complexity index is 1070. The van der Waals surface area contributed by atoms with Crippen molar-refractivity contribution in [3.8, 4) is 17.3 Å². The summed E-state index contributed by atoms with van der Waals surface area (Å²) in [6.07, 6.45) is 1.55. The number of rotatable bonds is 5. The van der Waals surface area contributed by atoms with Crippen LogP contribution in [-0.4, -0.2) is 16.6 Å². The van der Waals surface area contributed by atoms with E-state index in [1.807, 2.05) is 24.3 Å². The molecule has 0 amide bonds. The zero-order valence-corrected chi connectivity index (χ0v) is 17.8. The zero-order valence-electron chi connectivity index (χ0n) is 17.8. The van der Waals surface area contributed by atoms with Crippen molar-refractivity contribution in [3.63, 3.8) is 0 Å². The van der Waals surface area contributed by atoms with Crippen LogP contribution >= 0.6 is 0 Å².